The summed E-state index contributed by atoms with van der Waals surface area (Å²) in [6.07, 6.45) is -0.101. The van der Waals surface area contributed by atoms with Crippen molar-refractivity contribution in [2.75, 3.05) is 5.32 Å². The van der Waals surface area contributed by atoms with Gasteiger partial charge in [-0.05, 0) is 35.9 Å². The van der Waals surface area contributed by atoms with Crippen molar-refractivity contribution in [3.05, 3.63) is 58.6 Å². The Balaban J connectivity index is 2.04. The Kier molecular flexibility index (Phi) is 4.20. The van der Waals surface area contributed by atoms with Crippen molar-refractivity contribution in [2.45, 2.75) is 6.42 Å². The van der Waals surface area contributed by atoms with Crippen LogP contribution in [0.3, 0.4) is 0 Å². The molecule has 0 aliphatic heterocycles. The van der Waals surface area contributed by atoms with E-state index in [1.54, 1.807) is 0 Å². The molecule has 0 aromatic heterocycles. The zero-order chi connectivity index (χ0) is 14.7. The molecule has 3 nitrogen and oxygen atoms in total. The van der Waals surface area contributed by atoms with Crippen LogP contribution in [0, 0.1) is 11.6 Å². The smallest absolute Gasteiger partial charge is 0.228 e. The van der Waals surface area contributed by atoms with Crippen LogP contribution in [-0.4, -0.2) is 11.0 Å². The molecule has 2 rings (SSSR count). The van der Waals surface area contributed by atoms with Gasteiger partial charge in [0.15, 0.2) is 11.6 Å². The molecule has 2 aromatic carbocycles. The number of carbonyl (C=O) groups excluding carboxylic acids is 1. The van der Waals surface area contributed by atoms with Gasteiger partial charge in [0.1, 0.15) is 5.75 Å². The average molecular weight is 298 g/mol. The second kappa shape index (κ2) is 5.88. The van der Waals surface area contributed by atoms with Gasteiger partial charge < -0.3 is 10.4 Å². The molecule has 0 saturated carbocycles. The molecule has 0 heterocycles. The van der Waals surface area contributed by atoms with Gasteiger partial charge in [0, 0.05) is 5.69 Å². The summed E-state index contributed by atoms with van der Waals surface area (Å²) in [5, 5.41) is 11.9. The minimum Gasteiger partial charge on any atom is -0.506 e. The minimum atomic E-state index is -0.997. The number of hydrogen-bond acceptors (Lipinski definition) is 2. The van der Waals surface area contributed by atoms with Gasteiger partial charge in [-0.1, -0.05) is 17.7 Å². The van der Waals surface area contributed by atoms with E-state index in [-0.39, 0.29) is 17.2 Å². The monoisotopic (exact) mass is 297 g/mol. The first kappa shape index (κ1) is 14.3. The number of benzene rings is 2. The maximum atomic E-state index is 13.0. The van der Waals surface area contributed by atoms with E-state index in [2.05, 4.69) is 5.32 Å². The van der Waals surface area contributed by atoms with Crippen molar-refractivity contribution < 1.29 is 18.7 Å². The van der Waals surface area contributed by atoms with E-state index in [1.165, 1.54) is 24.3 Å². The van der Waals surface area contributed by atoms with E-state index in [4.69, 9.17) is 11.6 Å². The molecule has 0 unspecified atom stereocenters. The lowest BCUT2D eigenvalue weighted by atomic mass is 10.1. The topological polar surface area (TPSA) is 49.3 Å². The highest BCUT2D eigenvalue weighted by Gasteiger charge is 2.08. The normalized spacial score (nSPS) is 10.3. The maximum Gasteiger partial charge on any atom is 0.228 e. The predicted octanol–water partition coefficient (Wildman–Crippen LogP) is 3.51. The number of anilines is 1. The number of halogens is 3. The van der Waals surface area contributed by atoms with Gasteiger partial charge in [-0.25, -0.2) is 8.78 Å². The Morgan fingerprint density at radius 1 is 1.15 bits per heavy atom. The van der Waals surface area contributed by atoms with Gasteiger partial charge in [0.05, 0.1) is 11.4 Å². The maximum absolute atomic E-state index is 13.0. The van der Waals surface area contributed by atoms with Crippen molar-refractivity contribution in [3.63, 3.8) is 0 Å². The number of nitrogens with one attached hydrogen (secondary N) is 1. The van der Waals surface area contributed by atoms with Crippen LogP contribution in [0.4, 0.5) is 14.5 Å². The summed E-state index contributed by atoms with van der Waals surface area (Å²) in [5.41, 5.74) is 0.756. The Labute approximate surface area is 118 Å². The number of phenolic OH excluding ortho intramolecular Hbond substituents is 1. The molecule has 1 amide bonds. The Morgan fingerprint density at radius 3 is 2.55 bits per heavy atom. The number of rotatable bonds is 3. The van der Waals surface area contributed by atoms with E-state index in [9.17, 15) is 18.7 Å². The summed E-state index contributed by atoms with van der Waals surface area (Å²) in [6, 6.07) is 7.48. The fraction of sp³-hybridized carbons (Fsp3) is 0.0714. The first-order valence-electron chi connectivity index (χ1n) is 5.68. The van der Waals surface area contributed by atoms with Crippen LogP contribution in [0.5, 0.6) is 5.75 Å². The lowest BCUT2D eigenvalue weighted by Crippen LogP contribution is -2.14. The van der Waals surface area contributed by atoms with Gasteiger partial charge in [0.25, 0.3) is 0 Å². The Bertz CT molecular complexity index is 606. The molecule has 0 aliphatic carbocycles. The molecule has 2 N–H and O–H groups in total. The average Bonchev–Trinajstić information content (AvgIpc) is 2.38. The van der Waals surface area contributed by atoms with Gasteiger partial charge in [-0.15, -0.1) is 0 Å². The molecule has 0 atom stereocenters. The molecule has 0 fully saturated rings. The van der Waals surface area contributed by atoms with E-state index in [0.717, 1.165) is 12.1 Å². The van der Waals surface area contributed by atoms with Crippen LogP contribution in [0.1, 0.15) is 5.56 Å². The van der Waals surface area contributed by atoms with Crippen molar-refractivity contribution in [1.82, 2.24) is 0 Å². The zero-order valence-electron chi connectivity index (χ0n) is 10.2. The van der Waals surface area contributed by atoms with E-state index in [0.29, 0.717) is 11.3 Å². The summed E-state index contributed by atoms with van der Waals surface area (Å²) < 4.78 is 25.8. The zero-order valence-corrected chi connectivity index (χ0v) is 10.9. The second-order valence-corrected chi connectivity index (χ2v) is 4.55. The fourth-order valence-electron chi connectivity index (χ4n) is 1.62. The molecule has 104 valence electrons. The molecule has 20 heavy (non-hydrogen) atoms. The van der Waals surface area contributed by atoms with Gasteiger partial charge >= 0.3 is 0 Å². The molecule has 0 aliphatic rings. The molecule has 0 bridgehead atoms. The fourth-order valence-corrected chi connectivity index (χ4v) is 1.81. The molecular weight excluding hydrogens is 288 g/mol. The lowest BCUT2D eigenvalue weighted by Gasteiger charge is -2.07. The SMILES string of the molecule is O=C(Cc1ccc(F)c(F)c1)Nc1ccc(O)c(Cl)c1. The highest BCUT2D eigenvalue weighted by molar-refractivity contribution is 6.32. The third-order valence-electron chi connectivity index (χ3n) is 2.58. The number of hydrogen-bond donors (Lipinski definition) is 2. The van der Waals surface area contributed by atoms with Crippen LogP contribution in [0.25, 0.3) is 0 Å². The van der Waals surface area contributed by atoms with Crippen LogP contribution in [0.15, 0.2) is 36.4 Å². The quantitative estimate of drug-likeness (QED) is 0.852. The third-order valence-corrected chi connectivity index (χ3v) is 2.88. The predicted molar refractivity (Wildman–Crippen MR) is 71.8 cm³/mol. The van der Waals surface area contributed by atoms with Crippen molar-refractivity contribution in [2.24, 2.45) is 0 Å². The highest BCUT2D eigenvalue weighted by atomic mass is 35.5. The summed E-state index contributed by atoms with van der Waals surface area (Å²) in [6.45, 7) is 0. The van der Waals surface area contributed by atoms with E-state index < -0.39 is 17.5 Å². The van der Waals surface area contributed by atoms with Gasteiger partial charge in [-0.3, -0.25) is 4.79 Å². The van der Waals surface area contributed by atoms with Crippen LogP contribution >= 0.6 is 11.6 Å². The first-order chi connectivity index (χ1) is 9.45. The third kappa shape index (κ3) is 3.45. The number of aromatic hydroxyl groups is 1. The minimum absolute atomic E-state index is 0.0923. The molecule has 0 spiro atoms. The summed E-state index contributed by atoms with van der Waals surface area (Å²) in [4.78, 5) is 11.7. The summed E-state index contributed by atoms with van der Waals surface area (Å²) >= 11 is 5.70. The number of phenols is 1. The molecule has 0 radical (unpaired) electrons. The highest BCUT2D eigenvalue weighted by Crippen LogP contribution is 2.26. The molecule has 0 saturated heterocycles. The number of amides is 1. The van der Waals surface area contributed by atoms with Gasteiger partial charge in [0.2, 0.25) is 5.91 Å². The summed E-state index contributed by atoms with van der Waals surface area (Å²) in [7, 11) is 0. The van der Waals surface area contributed by atoms with Crippen molar-refractivity contribution in [1.29, 1.82) is 0 Å². The van der Waals surface area contributed by atoms with Crippen molar-refractivity contribution >= 4 is 23.2 Å². The van der Waals surface area contributed by atoms with E-state index >= 15 is 0 Å². The van der Waals surface area contributed by atoms with Crippen molar-refractivity contribution in [3.8, 4) is 5.75 Å². The van der Waals surface area contributed by atoms with Crippen LogP contribution in [-0.2, 0) is 11.2 Å². The lowest BCUT2D eigenvalue weighted by molar-refractivity contribution is -0.115. The van der Waals surface area contributed by atoms with Gasteiger partial charge in [-0.2, -0.15) is 0 Å². The van der Waals surface area contributed by atoms with Crippen LogP contribution < -0.4 is 5.32 Å². The molecule has 6 heteroatoms. The molecular formula is C14H10ClF2NO2. The standard InChI is InChI=1S/C14H10ClF2NO2/c15-10-7-9(2-4-13(10)19)18-14(20)6-8-1-3-11(16)12(17)5-8/h1-5,7,19H,6H2,(H,18,20). The molecule has 2 aromatic rings. The summed E-state index contributed by atoms with van der Waals surface area (Å²) in [5.74, 6) is -2.45. The first-order valence-corrected chi connectivity index (χ1v) is 6.06. The second-order valence-electron chi connectivity index (χ2n) is 4.14. The Hall–Kier alpha value is -2.14. The largest absolute Gasteiger partial charge is 0.506 e. The van der Waals surface area contributed by atoms with E-state index in [1.807, 2.05) is 0 Å². The van der Waals surface area contributed by atoms with Crippen LogP contribution in [0.2, 0.25) is 5.02 Å². The number of carbonyl (C=O) groups is 1. The Morgan fingerprint density at radius 2 is 1.90 bits per heavy atom.